The van der Waals surface area contributed by atoms with Gasteiger partial charge in [-0.05, 0) is 39.0 Å². The van der Waals surface area contributed by atoms with E-state index in [-0.39, 0.29) is 11.2 Å². The molecule has 0 saturated heterocycles. The number of aryl methyl sites for hydroxylation is 2. The molecule has 1 aliphatic heterocycles. The molecule has 28 heavy (non-hydrogen) atoms. The van der Waals surface area contributed by atoms with Gasteiger partial charge in [-0.2, -0.15) is 5.10 Å². The van der Waals surface area contributed by atoms with E-state index in [1.54, 1.807) is 11.8 Å². The minimum Gasteiger partial charge on any atom is -0.494 e. The van der Waals surface area contributed by atoms with Gasteiger partial charge in [-0.15, -0.1) is 11.8 Å². The molecule has 2 aromatic carbocycles. The van der Waals surface area contributed by atoms with Gasteiger partial charge in [-0.3, -0.25) is 4.79 Å². The third-order valence-corrected chi connectivity index (χ3v) is 6.04. The molecule has 1 amide bonds. The lowest BCUT2D eigenvalue weighted by atomic mass is 10.0. The van der Waals surface area contributed by atoms with E-state index in [0.717, 1.165) is 34.1 Å². The van der Waals surface area contributed by atoms with Crippen LogP contribution in [0.3, 0.4) is 0 Å². The number of fused-ring (bicyclic) bond motifs is 1. The summed E-state index contributed by atoms with van der Waals surface area (Å²) in [5, 5.41) is 7.81. The molecule has 5 nitrogen and oxygen atoms in total. The Bertz CT molecular complexity index is 1010. The number of aromatic nitrogens is 2. The van der Waals surface area contributed by atoms with Gasteiger partial charge in [0.05, 0.1) is 29.0 Å². The monoisotopic (exact) mass is 393 g/mol. The van der Waals surface area contributed by atoms with E-state index in [4.69, 9.17) is 9.84 Å². The summed E-state index contributed by atoms with van der Waals surface area (Å²) in [6.07, 6.45) is 0. The number of hydrogen-bond donors (Lipinski definition) is 1. The van der Waals surface area contributed by atoms with Gasteiger partial charge >= 0.3 is 0 Å². The minimum atomic E-state index is -0.0316. The molecule has 3 aromatic rings. The molecule has 6 heteroatoms. The zero-order valence-electron chi connectivity index (χ0n) is 16.2. The Morgan fingerprint density at radius 2 is 1.93 bits per heavy atom. The van der Waals surface area contributed by atoms with Gasteiger partial charge in [0.2, 0.25) is 5.91 Å². The highest BCUT2D eigenvalue weighted by Gasteiger charge is 2.32. The fraction of sp³-hybridized carbons (Fsp3) is 0.273. The van der Waals surface area contributed by atoms with Crippen LogP contribution in [0.4, 0.5) is 5.82 Å². The predicted molar refractivity (Wildman–Crippen MR) is 114 cm³/mol. The summed E-state index contributed by atoms with van der Waals surface area (Å²) in [6, 6.07) is 16.2. The lowest BCUT2D eigenvalue weighted by molar-refractivity contribution is -0.113. The van der Waals surface area contributed by atoms with Crippen molar-refractivity contribution in [2.45, 2.75) is 26.0 Å². The average molecular weight is 394 g/mol. The second-order valence-electron chi connectivity index (χ2n) is 6.81. The summed E-state index contributed by atoms with van der Waals surface area (Å²) in [5.41, 5.74) is 5.12. The van der Waals surface area contributed by atoms with Crippen LogP contribution in [0.5, 0.6) is 5.75 Å². The van der Waals surface area contributed by atoms with Gasteiger partial charge in [0.25, 0.3) is 0 Å². The molecular formula is C22H23N3O2S. The van der Waals surface area contributed by atoms with Crippen molar-refractivity contribution in [3.8, 4) is 11.4 Å². The molecule has 144 valence electrons. The van der Waals surface area contributed by atoms with E-state index in [0.29, 0.717) is 12.4 Å². The summed E-state index contributed by atoms with van der Waals surface area (Å²) in [5.74, 6) is 1.96. The number of nitrogens with zero attached hydrogens (tertiary/aromatic N) is 2. The fourth-order valence-electron chi connectivity index (χ4n) is 3.49. The van der Waals surface area contributed by atoms with Crippen molar-refractivity contribution in [3.63, 3.8) is 0 Å². The van der Waals surface area contributed by atoms with Crippen LogP contribution in [0.2, 0.25) is 0 Å². The van der Waals surface area contributed by atoms with Gasteiger partial charge < -0.3 is 10.1 Å². The fourth-order valence-corrected chi connectivity index (χ4v) is 4.70. The number of hydrogen-bond acceptors (Lipinski definition) is 4. The van der Waals surface area contributed by atoms with Crippen LogP contribution in [-0.4, -0.2) is 28.0 Å². The standard InChI is InChI=1S/C22H23N3O2S/c1-4-27-18-8-6-5-7-17(18)21-20-15(3)24-25(16-11-9-14(2)10-12-16)22(20)23-19(26)13-28-21/h5-12,21H,4,13H2,1-3H3,(H,23,26)/t21-/m0/s1. The Morgan fingerprint density at radius 1 is 1.18 bits per heavy atom. The van der Waals surface area contributed by atoms with Crippen LogP contribution in [-0.2, 0) is 4.79 Å². The molecule has 0 unspecified atom stereocenters. The third-order valence-electron chi connectivity index (χ3n) is 4.79. The topological polar surface area (TPSA) is 56.1 Å². The molecule has 0 radical (unpaired) electrons. The molecule has 4 rings (SSSR count). The highest BCUT2D eigenvalue weighted by molar-refractivity contribution is 8.00. The molecule has 0 aliphatic carbocycles. The van der Waals surface area contributed by atoms with Crippen molar-refractivity contribution in [1.29, 1.82) is 0 Å². The number of carbonyl (C=O) groups excluding carboxylic acids is 1. The Labute approximate surface area is 169 Å². The normalized spacial score (nSPS) is 16.2. The number of carbonyl (C=O) groups is 1. The second-order valence-corrected chi connectivity index (χ2v) is 7.90. The zero-order valence-corrected chi connectivity index (χ0v) is 17.0. The third kappa shape index (κ3) is 3.40. The van der Waals surface area contributed by atoms with Crippen LogP contribution in [0.15, 0.2) is 48.5 Å². The Balaban J connectivity index is 1.88. The van der Waals surface area contributed by atoms with Crippen molar-refractivity contribution in [1.82, 2.24) is 9.78 Å². The Morgan fingerprint density at radius 3 is 2.68 bits per heavy atom. The number of benzene rings is 2. The van der Waals surface area contributed by atoms with Crippen molar-refractivity contribution in [3.05, 3.63) is 70.9 Å². The van der Waals surface area contributed by atoms with Gasteiger partial charge in [0.15, 0.2) is 0 Å². The van der Waals surface area contributed by atoms with Crippen LogP contribution in [0, 0.1) is 13.8 Å². The minimum absolute atomic E-state index is 0.0177. The van der Waals surface area contributed by atoms with Crippen LogP contribution in [0.25, 0.3) is 5.69 Å². The largest absolute Gasteiger partial charge is 0.494 e. The van der Waals surface area contributed by atoms with Crippen molar-refractivity contribution >= 4 is 23.5 Å². The second kappa shape index (κ2) is 7.72. The maximum atomic E-state index is 12.5. The number of amides is 1. The molecule has 1 aromatic heterocycles. The van der Waals surface area contributed by atoms with Crippen LogP contribution < -0.4 is 10.1 Å². The van der Waals surface area contributed by atoms with Gasteiger partial charge in [0, 0.05) is 11.1 Å². The molecule has 0 fully saturated rings. The van der Waals surface area contributed by atoms with Crippen molar-refractivity contribution in [2.75, 3.05) is 17.7 Å². The zero-order chi connectivity index (χ0) is 19.7. The van der Waals surface area contributed by atoms with E-state index < -0.39 is 0 Å². The Kier molecular flexibility index (Phi) is 5.13. The van der Waals surface area contributed by atoms with E-state index in [1.807, 2.05) is 61.0 Å². The number of thioether (sulfide) groups is 1. The van der Waals surface area contributed by atoms with Crippen molar-refractivity contribution < 1.29 is 9.53 Å². The maximum absolute atomic E-state index is 12.5. The van der Waals surface area contributed by atoms with Gasteiger partial charge in [0.1, 0.15) is 11.6 Å². The van der Waals surface area contributed by atoms with Gasteiger partial charge in [-0.25, -0.2) is 4.68 Å². The highest BCUT2D eigenvalue weighted by atomic mass is 32.2. The van der Waals surface area contributed by atoms with E-state index in [2.05, 4.69) is 18.3 Å². The molecule has 1 N–H and O–H groups in total. The smallest absolute Gasteiger partial charge is 0.235 e. The highest BCUT2D eigenvalue weighted by Crippen LogP contribution is 2.46. The maximum Gasteiger partial charge on any atom is 0.235 e. The molecule has 1 atom stereocenters. The van der Waals surface area contributed by atoms with Gasteiger partial charge in [-0.1, -0.05) is 35.9 Å². The van der Waals surface area contributed by atoms with Crippen LogP contribution in [0.1, 0.15) is 34.6 Å². The summed E-state index contributed by atoms with van der Waals surface area (Å²) in [6.45, 7) is 6.63. The molecule has 0 spiro atoms. The first-order valence-electron chi connectivity index (χ1n) is 9.38. The molecule has 0 bridgehead atoms. The number of anilines is 1. The number of rotatable bonds is 4. The van der Waals surface area contributed by atoms with E-state index in [9.17, 15) is 4.79 Å². The number of ether oxygens (including phenoxy) is 1. The summed E-state index contributed by atoms with van der Waals surface area (Å²) in [4.78, 5) is 12.5. The number of nitrogens with one attached hydrogen (secondary N) is 1. The van der Waals surface area contributed by atoms with Crippen LogP contribution >= 0.6 is 11.8 Å². The quantitative estimate of drug-likeness (QED) is 0.700. The summed E-state index contributed by atoms with van der Waals surface area (Å²) in [7, 11) is 0. The Hall–Kier alpha value is -2.73. The first-order valence-corrected chi connectivity index (χ1v) is 10.4. The van der Waals surface area contributed by atoms with Crippen molar-refractivity contribution in [2.24, 2.45) is 0 Å². The first kappa shape index (κ1) is 18.6. The lowest BCUT2D eigenvalue weighted by Gasteiger charge is -2.19. The molecule has 0 saturated carbocycles. The summed E-state index contributed by atoms with van der Waals surface area (Å²) >= 11 is 1.61. The summed E-state index contributed by atoms with van der Waals surface area (Å²) < 4.78 is 7.71. The lowest BCUT2D eigenvalue weighted by Crippen LogP contribution is -2.15. The molecule has 1 aliphatic rings. The SMILES string of the molecule is CCOc1ccccc1[C@@H]1SCC(=O)Nc2c1c(C)nn2-c1ccc(C)cc1. The number of para-hydroxylation sites is 1. The predicted octanol–water partition coefficient (Wildman–Crippen LogP) is 4.66. The average Bonchev–Trinajstić information content (AvgIpc) is 2.89. The molecule has 2 heterocycles. The van der Waals surface area contributed by atoms with E-state index >= 15 is 0 Å². The first-order chi connectivity index (χ1) is 13.6. The molecular weight excluding hydrogens is 370 g/mol. The van der Waals surface area contributed by atoms with E-state index in [1.165, 1.54) is 5.56 Å².